The van der Waals surface area contributed by atoms with Crippen LogP contribution in [0.1, 0.15) is 51.8 Å². The van der Waals surface area contributed by atoms with E-state index >= 15 is 0 Å². The van der Waals surface area contributed by atoms with Crippen molar-refractivity contribution in [3.05, 3.63) is 137 Å². The van der Waals surface area contributed by atoms with Crippen LogP contribution in [-0.2, 0) is 4.79 Å². The molecule has 1 heterocycles. The molecule has 2 atom stereocenters. The fourth-order valence-electron chi connectivity index (χ4n) is 5.32. The first-order valence-corrected chi connectivity index (χ1v) is 12.4. The predicted octanol–water partition coefficient (Wildman–Crippen LogP) is 6.60. The molecule has 2 aliphatic rings. The Morgan fingerprint density at radius 1 is 0.730 bits per heavy atom. The third kappa shape index (κ3) is 4.40. The van der Waals surface area contributed by atoms with Gasteiger partial charge >= 0.3 is 0 Å². The molecule has 0 radical (unpaired) electrons. The van der Waals surface area contributed by atoms with Crippen LogP contribution in [0.5, 0.6) is 5.75 Å². The van der Waals surface area contributed by atoms with Crippen molar-refractivity contribution < 1.29 is 14.7 Å². The summed E-state index contributed by atoms with van der Waals surface area (Å²) < 4.78 is 0. The number of rotatable bonds is 4. The van der Waals surface area contributed by atoms with Crippen LogP contribution in [0.15, 0.2) is 114 Å². The van der Waals surface area contributed by atoms with Crippen molar-refractivity contribution in [2.24, 2.45) is 0 Å². The maximum atomic E-state index is 13.7. The highest BCUT2D eigenvalue weighted by Crippen LogP contribution is 2.44. The highest BCUT2D eigenvalue weighted by atomic mass is 16.3. The molecule has 37 heavy (non-hydrogen) atoms. The van der Waals surface area contributed by atoms with Crippen molar-refractivity contribution in [3.8, 4) is 5.75 Å². The van der Waals surface area contributed by atoms with Crippen molar-refractivity contribution in [2.45, 2.75) is 24.8 Å². The topological polar surface area (TPSA) is 78.4 Å². The zero-order valence-corrected chi connectivity index (χ0v) is 20.1. The van der Waals surface area contributed by atoms with Crippen LogP contribution in [0, 0.1) is 0 Å². The van der Waals surface area contributed by atoms with E-state index in [1.165, 1.54) is 0 Å². The molecule has 0 bridgehead atoms. The van der Waals surface area contributed by atoms with Crippen molar-refractivity contribution in [3.63, 3.8) is 0 Å². The summed E-state index contributed by atoms with van der Waals surface area (Å²) in [6.07, 6.45) is 1.10. The molecule has 0 spiro atoms. The predicted molar refractivity (Wildman–Crippen MR) is 145 cm³/mol. The van der Waals surface area contributed by atoms with Crippen molar-refractivity contribution >= 4 is 22.9 Å². The van der Waals surface area contributed by atoms with Gasteiger partial charge in [0, 0.05) is 28.8 Å². The first-order valence-electron chi connectivity index (χ1n) is 12.4. The molecule has 0 fully saturated rings. The Balaban J connectivity index is 1.44. The smallest absolute Gasteiger partial charge is 0.193 e. The molecule has 4 aromatic carbocycles. The number of phenols is 1. The van der Waals surface area contributed by atoms with E-state index < -0.39 is 0 Å². The normalized spacial score (nSPS) is 18.6. The molecular formula is C32H26N2O3. The summed E-state index contributed by atoms with van der Waals surface area (Å²) in [5.74, 6) is 0.270. The maximum Gasteiger partial charge on any atom is 0.193 e. The third-order valence-electron chi connectivity index (χ3n) is 7.20. The second kappa shape index (κ2) is 9.43. The van der Waals surface area contributed by atoms with Crippen molar-refractivity contribution in [1.82, 2.24) is 0 Å². The molecule has 182 valence electrons. The number of nitrogens with one attached hydrogen (secondary N) is 2. The van der Waals surface area contributed by atoms with Crippen LogP contribution in [0.4, 0.5) is 11.4 Å². The zero-order chi connectivity index (χ0) is 25.4. The molecule has 5 heteroatoms. The molecule has 0 unspecified atom stereocenters. The fraction of sp³-hybridized carbons (Fsp3) is 0.125. The van der Waals surface area contributed by atoms with E-state index in [2.05, 4.69) is 22.8 Å². The SMILES string of the molecule is O=C1C[C@H](c2ccccc2)CC2=C1[C@H](c1ccc(O)cc1)Nc1ccc(C(=O)c3ccccc3)cc1N2. The number of benzene rings is 4. The number of phenolic OH excluding ortho intramolecular Hbond substituents is 1. The zero-order valence-electron chi connectivity index (χ0n) is 20.1. The average molecular weight is 487 g/mol. The number of hydrogen-bond acceptors (Lipinski definition) is 5. The number of hydrogen-bond donors (Lipinski definition) is 3. The van der Waals surface area contributed by atoms with Crippen LogP contribution in [0.25, 0.3) is 0 Å². The van der Waals surface area contributed by atoms with Gasteiger partial charge in [-0.3, -0.25) is 9.59 Å². The lowest BCUT2D eigenvalue weighted by Crippen LogP contribution is -2.26. The summed E-state index contributed by atoms with van der Waals surface area (Å²) >= 11 is 0. The Bertz CT molecular complexity index is 1510. The number of allylic oxidation sites excluding steroid dienone is 1. The third-order valence-corrected chi connectivity index (χ3v) is 7.20. The first kappa shape index (κ1) is 22.8. The summed E-state index contributed by atoms with van der Waals surface area (Å²) in [6, 6.07) is 31.5. The van der Waals surface area contributed by atoms with Crippen LogP contribution in [0.3, 0.4) is 0 Å². The van der Waals surface area contributed by atoms with Crippen LogP contribution in [0.2, 0.25) is 0 Å². The molecule has 1 aliphatic heterocycles. The highest BCUT2D eigenvalue weighted by molar-refractivity contribution is 6.10. The largest absolute Gasteiger partial charge is 0.508 e. The summed E-state index contributed by atoms with van der Waals surface area (Å²) in [4.78, 5) is 26.9. The Morgan fingerprint density at radius 3 is 2.16 bits per heavy atom. The maximum absolute atomic E-state index is 13.7. The number of ketones is 2. The number of carbonyl (C=O) groups excluding carboxylic acids is 2. The Kier molecular flexibility index (Phi) is 5.81. The van der Waals surface area contributed by atoms with Gasteiger partial charge in [0.25, 0.3) is 0 Å². The van der Waals surface area contributed by atoms with Gasteiger partial charge in [0.05, 0.1) is 17.4 Å². The van der Waals surface area contributed by atoms with Crippen LogP contribution < -0.4 is 10.6 Å². The standard InChI is InChI=1S/C32H26N2O3/c35-25-14-11-21(12-15-25)31-30-28(18-24(19-29(30)36)20-7-3-1-4-8-20)33-27-17-23(13-16-26(27)34-31)32(37)22-9-5-2-6-10-22/h1-17,24,31,33-35H,18-19H2/t24-,31+/m1/s1. The van der Waals surface area contributed by atoms with Gasteiger partial charge in [-0.15, -0.1) is 0 Å². The number of aromatic hydroxyl groups is 1. The number of fused-ring (bicyclic) bond motifs is 1. The van der Waals surface area contributed by atoms with Gasteiger partial charge in [-0.1, -0.05) is 72.8 Å². The summed E-state index contributed by atoms with van der Waals surface area (Å²) in [6.45, 7) is 0. The Hall–Kier alpha value is -4.64. The molecule has 0 saturated carbocycles. The molecule has 0 saturated heterocycles. The molecule has 5 nitrogen and oxygen atoms in total. The van der Waals surface area contributed by atoms with E-state index in [1.54, 1.807) is 12.1 Å². The Morgan fingerprint density at radius 2 is 1.43 bits per heavy atom. The minimum atomic E-state index is -0.385. The lowest BCUT2D eigenvalue weighted by Gasteiger charge is -2.30. The van der Waals surface area contributed by atoms with Gasteiger partial charge in [-0.25, -0.2) is 0 Å². The highest BCUT2D eigenvalue weighted by Gasteiger charge is 2.36. The molecule has 3 N–H and O–H groups in total. The van der Waals surface area contributed by atoms with Gasteiger partial charge in [0.15, 0.2) is 11.6 Å². The molecule has 4 aromatic rings. The first-order chi connectivity index (χ1) is 18.1. The lowest BCUT2D eigenvalue weighted by atomic mass is 9.78. The van der Waals surface area contributed by atoms with Crippen LogP contribution >= 0.6 is 0 Å². The minimum Gasteiger partial charge on any atom is -0.508 e. The van der Waals surface area contributed by atoms with Gasteiger partial charge in [0.1, 0.15) is 5.75 Å². The second-order valence-electron chi connectivity index (χ2n) is 9.58. The number of anilines is 2. The monoisotopic (exact) mass is 486 g/mol. The average Bonchev–Trinajstić information content (AvgIpc) is 3.10. The number of carbonyl (C=O) groups is 2. The number of Topliss-reactive ketones (excluding diaryl/α,β-unsaturated/α-hetero) is 1. The molecule has 0 aromatic heterocycles. The Labute approximate surface area is 215 Å². The van der Waals surface area contributed by atoms with Gasteiger partial charge in [-0.2, -0.15) is 0 Å². The van der Waals surface area contributed by atoms with Crippen molar-refractivity contribution in [1.29, 1.82) is 0 Å². The quantitative estimate of drug-likeness (QED) is 0.283. The summed E-state index contributed by atoms with van der Waals surface area (Å²) in [5, 5.41) is 16.9. The lowest BCUT2D eigenvalue weighted by molar-refractivity contribution is -0.116. The van der Waals surface area contributed by atoms with E-state index in [1.807, 2.05) is 78.9 Å². The summed E-state index contributed by atoms with van der Waals surface area (Å²) in [5.41, 5.74) is 6.35. The molecule has 0 amide bonds. The molecule has 1 aliphatic carbocycles. The van der Waals surface area contributed by atoms with E-state index in [9.17, 15) is 14.7 Å². The van der Waals surface area contributed by atoms with Gasteiger partial charge in [0.2, 0.25) is 0 Å². The molecule has 6 rings (SSSR count). The van der Waals surface area contributed by atoms with Gasteiger partial charge < -0.3 is 15.7 Å². The van der Waals surface area contributed by atoms with E-state index in [0.29, 0.717) is 29.5 Å². The van der Waals surface area contributed by atoms with E-state index in [0.717, 1.165) is 28.2 Å². The molecular weight excluding hydrogens is 460 g/mol. The summed E-state index contributed by atoms with van der Waals surface area (Å²) in [7, 11) is 0. The fourth-order valence-corrected chi connectivity index (χ4v) is 5.32. The van der Waals surface area contributed by atoms with Crippen LogP contribution in [-0.4, -0.2) is 16.7 Å². The van der Waals surface area contributed by atoms with E-state index in [4.69, 9.17) is 0 Å². The minimum absolute atomic E-state index is 0.0550. The van der Waals surface area contributed by atoms with E-state index in [-0.39, 0.29) is 29.3 Å². The second-order valence-corrected chi connectivity index (χ2v) is 9.58. The van der Waals surface area contributed by atoms with Gasteiger partial charge in [-0.05, 0) is 53.8 Å². The van der Waals surface area contributed by atoms with Crippen molar-refractivity contribution in [2.75, 3.05) is 10.6 Å².